The van der Waals surface area contributed by atoms with Crippen molar-refractivity contribution < 1.29 is 9.47 Å². The van der Waals surface area contributed by atoms with E-state index in [1.54, 1.807) is 14.2 Å². The predicted octanol–water partition coefficient (Wildman–Crippen LogP) is 2.58. The smallest absolute Gasteiger partial charge is 0.0696 e. The van der Waals surface area contributed by atoms with Crippen molar-refractivity contribution in [2.75, 3.05) is 27.4 Å². The van der Waals surface area contributed by atoms with Crippen molar-refractivity contribution in [3.63, 3.8) is 0 Å². The third kappa shape index (κ3) is 7.77. The van der Waals surface area contributed by atoms with E-state index in [4.69, 9.17) is 0 Å². The monoisotopic (exact) mass is 196 g/mol. The van der Waals surface area contributed by atoms with Crippen molar-refractivity contribution in [1.82, 2.24) is 0 Å². The average molecular weight is 196 g/mol. The van der Waals surface area contributed by atoms with Gasteiger partial charge in [0.1, 0.15) is 0 Å². The van der Waals surface area contributed by atoms with Gasteiger partial charge in [0.25, 0.3) is 0 Å². The third-order valence-corrected chi connectivity index (χ3v) is 1.71. The van der Waals surface area contributed by atoms with Crippen molar-refractivity contribution in [1.29, 1.82) is 0 Å². The molecule has 0 amide bonds. The van der Waals surface area contributed by atoms with Crippen molar-refractivity contribution in [3.05, 3.63) is 35.4 Å². The second-order valence-corrected chi connectivity index (χ2v) is 3.14. The van der Waals surface area contributed by atoms with Gasteiger partial charge in [0.05, 0.1) is 13.2 Å². The van der Waals surface area contributed by atoms with Crippen LogP contribution in [0.4, 0.5) is 0 Å². The quantitative estimate of drug-likeness (QED) is 0.692. The number of benzene rings is 1. The molecule has 0 fully saturated rings. The van der Waals surface area contributed by atoms with E-state index in [0.29, 0.717) is 13.2 Å². The molecule has 0 saturated heterocycles. The van der Waals surface area contributed by atoms with E-state index in [-0.39, 0.29) is 0 Å². The number of rotatable bonds is 3. The standard InChI is InChI=1S/C8H10.C4H10O2/c1-7-3-5-8(2)6-4-7;1-5-3-4-6-2/h3-6H,1-2H3;3-4H2,1-2H3. The molecule has 0 saturated carbocycles. The largest absolute Gasteiger partial charge is 0.382 e. The van der Waals surface area contributed by atoms with Crippen LogP contribution in [0, 0.1) is 13.8 Å². The van der Waals surface area contributed by atoms with Crippen LogP contribution in [0.15, 0.2) is 24.3 Å². The first-order valence-corrected chi connectivity index (χ1v) is 4.72. The van der Waals surface area contributed by atoms with Gasteiger partial charge >= 0.3 is 0 Å². The molecule has 0 aromatic heterocycles. The first-order chi connectivity index (χ1) is 6.70. The van der Waals surface area contributed by atoms with E-state index in [9.17, 15) is 0 Å². The van der Waals surface area contributed by atoms with Crippen molar-refractivity contribution in [3.8, 4) is 0 Å². The highest BCUT2D eigenvalue weighted by molar-refractivity contribution is 5.19. The Morgan fingerprint density at radius 3 is 1.29 bits per heavy atom. The lowest BCUT2D eigenvalue weighted by Gasteiger charge is -1.91. The van der Waals surface area contributed by atoms with Gasteiger partial charge in [-0.1, -0.05) is 35.4 Å². The molecule has 0 heterocycles. The number of ether oxygens (including phenoxy) is 2. The summed E-state index contributed by atoms with van der Waals surface area (Å²) in [6.07, 6.45) is 0. The number of aryl methyl sites for hydroxylation is 2. The second-order valence-electron chi connectivity index (χ2n) is 3.14. The van der Waals surface area contributed by atoms with Gasteiger partial charge in [0.2, 0.25) is 0 Å². The Morgan fingerprint density at radius 2 is 1.07 bits per heavy atom. The van der Waals surface area contributed by atoms with Gasteiger partial charge in [-0.25, -0.2) is 0 Å². The zero-order chi connectivity index (χ0) is 10.8. The van der Waals surface area contributed by atoms with Crippen molar-refractivity contribution >= 4 is 0 Å². The highest BCUT2D eigenvalue weighted by Gasteiger charge is 1.79. The molecule has 0 aliphatic carbocycles. The highest BCUT2D eigenvalue weighted by atomic mass is 16.5. The summed E-state index contributed by atoms with van der Waals surface area (Å²) in [7, 11) is 3.30. The molecule has 14 heavy (non-hydrogen) atoms. The van der Waals surface area contributed by atoms with Gasteiger partial charge in [-0.05, 0) is 13.8 Å². The minimum atomic E-state index is 0.691. The fourth-order valence-corrected chi connectivity index (χ4v) is 0.804. The van der Waals surface area contributed by atoms with Crippen LogP contribution in [-0.4, -0.2) is 27.4 Å². The van der Waals surface area contributed by atoms with Crippen LogP contribution < -0.4 is 0 Å². The number of hydrogen-bond acceptors (Lipinski definition) is 2. The molecule has 2 nitrogen and oxygen atoms in total. The molecule has 80 valence electrons. The third-order valence-electron chi connectivity index (χ3n) is 1.71. The van der Waals surface area contributed by atoms with Gasteiger partial charge in [0.15, 0.2) is 0 Å². The summed E-state index contributed by atoms with van der Waals surface area (Å²) in [5.74, 6) is 0. The van der Waals surface area contributed by atoms with Gasteiger partial charge in [-0.15, -0.1) is 0 Å². The minimum absolute atomic E-state index is 0.691. The molecular weight excluding hydrogens is 176 g/mol. The fourth-order valence-electron chi connectivity index (χ4n) is 0.804. The maximum absolute atomic E-state index is 4.66. The molecule has 0 unspecified atom stereocenters. The van der Waals surface area contributed by atoms with Gasteiger partial charge in [-0.2, -0.15) is 0 Å². The lowest BCUT2D eigenvalue weighted by atomic mass is 10.2. The molecule has 0 spiro atoms. The van der Waals surface area contributed by atoms with Crippen LogP contribution in [0.3, 0.4) is 0 Å². The summed E-state index contributed by atoms with van der Waals surface area (Å²) in [5, 5.41) is 0. The van der Waals surface area contributed by atoms with E-state index in [1.807, 2.05) is 0 Å². The van der Waals surface area contributed by atoms with E-state index in [2.05, 4.69) is 47.6 Å². The first kappa shape index (κ1) is 13.1. The summed E-state index contributed by atoms with van der Waals surface area (Å²) in [4.78, 5) is 0. The van der Waals surface area contributed by atoms with E-state index in [0.717, 1.165) is 0 Å². The molecule has 1 aromatic rings. The topological polar surface area (TPSA) is 18.5 Å². The Bertz CT molecular complexity index is 191. The van der Waals surface area contributed by atoms with Gasteiger partial charge in [-0.3, -0.25) is 0 Å². The Labute approximate surface area is 86.9 Å². The highest BCUT2D eigenvalue weighted by Crippen LogP contribution is 1.99. The van der Waals surface area contributed by atoms with Gasteiger partial charge < -0.3 is 9.47 Å². The van der Waals surface area contributed by atoms with Gasteiger partial charge in [0, 0.05) is 14.2 Å². The average Bonchev–Trinajstić information content (AvgIpc) is 2.20. The molecule has 0 radical (unpaired) electrons. The van der Waals surface area contributed by atoms with Crippen LogP contribution in [0.2, 0.25) is 0 Å². The molecule has 1 aromatic carbocycles. The zero-order valence-corrected chi connectivity index (χ0v) is 9.54. The summed E-state index contributed by atoms with van der Waals surface area (Å²) in [6.45, 7) is 5.58. The van der Waals surface area contributed by atoms with Crippen LogP contribution in [-0.2, 0) is 9.47 Å². The van der Waals surface area contributed by atoms with E-state index in [1.165, 1.54) is 11.1 Å². The Kier molecular flexibility index (Phi) is 8.19. The summed E-state index contributed by atoms with van der Waals surface area (Å²) in [5.41, 5.74) is 2.66. The van der Waals surface area contributed by atoms with Crippen LogP contribution >= 0.6 is 0 Å². The molecule has 0 bridgehead atoms. The zero-order valence-electron chi connectivity index (χ0n) is 9.54. The van der Waals surface area contributed by atoms with Crippen molar-refractivity contribution in [2.24, 2.45) is 0 Å². The lowest BCUT2D eigenvalue weighted by molar-refractivity contribution is 0.103. The molecule has 0 N–H and O–H groups in total. The molecule has 0 atom stereocenters. The number of methoxy groups -OCH3 is 2. The molecule has 0 aliphatic rings. The van der Waals surface area contributed by atoms with Crippen molar-refractivity contribution in [2.45, 2.75) is 13.8 Å². The lowest BCUT2D eigenvalue weighted by Crippen LogP contribution is -1.96. The SMILES string of the molecule is COCCOC.Cc1ccc(C)cc1. The molecule has 0 aliphatic heterocycles. The van der Waals surface area contributed by atoms with E-state index < -0.39 is 0 Å². The molecule has 1 rings (SSSR count). The molecular formula is C12H20O2. The first-order valence-electron chi connectivity index (χ1n) is 4.72. The molecule has 2 heteroatoms. The fraction of sp³-hybridized carbons (Fsp3) is 0.500. The predicted molar refractivity (Wildman–Crippen MR) is 59.7 cm³/mol. The maximum Gasteiger partial charge on any atom is 0.0696 e. The second kappa shape index (κ2) is 8.73. The minimum Gasteiger partial charge on any atom is -0.382 e. The van der Waals surface area contributed by atoms with E-state index >= 15 is 0 Å². The van der Waals surface area contributed by atoms with Crippen LogP contribution in [0.5, 0.6) is 0 Å². The number of hydrogen-bond donors (Lipinski definition) is 0. The van der Waals surface area contributed by atoms with Crippen LogP contribution in [0.25, 0.3) is 0 Å². The summed E-state index contributed by atoms with van der Waals surface area (Å²) in [6, 6.07) is 8.48. The van der Waals surface area contributed by atoms with Crippen LogP contribution in [0.1, 0.15) is 11.1 Å². The Morgan fingerprint density at radius 1 is 0.786 bits per heavy atom. The Hall–Kier alpha value is -0.860. The summed E-state index contributed by atoms with van der Waals surface area (Å²) >= 11 is 0. The normalized spacial score (nSPS) is 9.14. The Balaban J connectivity index is 0.000000255. The maximum atomic E-state index is 4.66. The summed E-state index contributed by atoms with van der Waals surface area (Å²) < 4.78 is 9.31.